The number of nitrogens with zero attached hydrogens (tertiary/aromatic N) is 2. The number of rotatable bonds is 4. The Morgan fingerprint density at radius 2 is 2.11 bits per heavy atom. The van der Waals surface area contributed by atoms with Crippen molar-refractivity contribution in [3.63, 3.8) is 0 Å². The van der Waals surface area contributed by atoms with Gasteiger partial charge in [0, 0.05) is 11.6 Å². The molecule has 0 bridgehead atoms. The predicted octanol–water partition coefficient (Wildman–Crippen LogP) is 4.77. The van der Waals surface area contributed by atoms with Gasteiger partial charge in [0.2, 0.25) is 5.88 Å². The highest BCUT2D eigenvalue weighted by Gasteiger charge is 2.12. The lowest BCUT2D eigenvalue weighted by Crippen LogP contribution is -2.02. The van der Waals surface area contributed by atoms with Crippen LogP contribution in [0.1, 0.15) is 6.92 Å². The second-order valence-electron chi connectivity index (χ2n) is 3.55. The molecule has 1 N–H and O–H groups in total. The standard InChI is InChI=1S/C12H10BrCl2N3O/c1-2-16-11-10(13)12(18-6-17-11)19-9-4-3-7(14)5-8(9)15/h3-6H,2H2,1H3,(H,16,17,18). The first kappa shape index (κ1) is 14.4. The molecule has 100 valence electrons. The summed E-state index contributed by atoms with van der Waals surface area (Å²) in [4.78, 5) is 8.17. The van der Waals surface area contributed by atoms with Crippen LogP contribution in [0.5, 0.6) is 11.6 Å². The normalized spacial score (nSPS) is 10.3. The summed E-state index contributed by atoms with van der Waals surface area (Å²) in [5, 5.41) is 4.06. The highest BCUT2D eigenvalue weighted by atomic mass is 79.9. The van der Waals surface area contributed by atoms with Crippen molar-refractivity contribution in [1.82, 2.24) is 9.97 Å². The first-order chi connectivity index (χ1) is 9.11. The second-order valence-corrected chi connectivity index (χ2v) is 5.19. The molecule has 2 aromatic rings. The van der Waals surface area contributed by atoms with Gasteiger partial charge in [0.05, 0.1) is 5.02 Å². The van der Waals surface area contributed by atoms with E-state index in [1.165, 1.54) is 6.33 Å². The summed E-state index contributed by atoms with van der Waals surface area (Å²) < 4.78 is 6.29. The molecule has 0 aliphatic heterocycles. The fourth-order valence-electron chi connectivity index (χ4n) is 1.38. The first-order valence-electron chi connectivity index (χ1n) is 5.49. The minimum atomic E-state index is 0.384. The van der Waals surface area contributed by atoms with Gasteiger partial charge in [-0.1, -0.05) is 23.2 Å². The second kappa shape index (κ2) is 6.41. The van der Waals surface area contributed by atoms with E-state index in [1.54, 1.807) is 18.2 Å². The Hall–Kier alpha value is -1.04. The third-order valence-electron chi connectivity index (χ3n) is 2.20. The molecule has 0 amide bonds. The fourth-order valence-corrected chi connectivity index (χ4v) is 2.25. The van der Waals surface area contributed by atoms with Gasteiger partial charge in [0.1, 0.15) is 22.4 Å². The highest BCUT2D eigenvalue weighted by Crippen LogP contribution is 2.35. The molecular formula is C12H10BrCl2N3O. The lowest BCUT2D eigenvalue weighted by Gasteiger charge is -2.10. The van der Waals surface area contributed by atoms with Crippen LogP contribution in [-0.2, 0) is 0 Å². The molecule has 1 aromatic carbocycles. The van der Waals surface area contributed by atoms with Crippen LogP contribution in [0.15, 0.2) is 29.0 Å². The zero-order valence-electron chi connectivity index (χ0n) is 9.95. The molecule has 19 heavy (non-hydrogen) atoms. The third-order valence-corrected chi connectivity index (χ3v) is 3.45. The number of hydrogen-bond acceptors (Lipinski definition) is 4. The average molecular weight is 363 g/mol. The zero-order chi connectivity index (χ0) is 13.8. The number of benzene rings is 1. The molecule has 4 nitrogen and oxygen atoms in total. The summed E-state index contributed by atoms with van der Waals surface area (Å²) in [7, 11) is 0. The predicted molar refractivity (Wildman–Crippen MR) is 80.4 cm³/mol. The minimum Gasteiger partial charge on any atom is -0.436 e. The van der Waals surface area contributed by atoms with Crippen LogP contribution in [-0.4, -0.2) is 16.5 Å². The molecule has 0 fully saturated rings. The van der Waals surface area contributed by atoms with Crippen LogP contribution in [0.4, 0.5) is 5.82 Å². The average Bonchev–Trinajstić information content (AvgIpc) is 2.37. The van der Waals surface area contributed by atoms with E-state index in [2.05, 4.69) is 31.2 Å². The van der Waals surface area contributed by atoms with E-state index in [9.17, 15) is 0 Å². The van der Waals surface area contributed by atoms with Crippen LogP contribution in [0.3, 0.4) is 0 Å². The molecule has 0 saturated carbocycles. The number of hydrogen-bond donors (Lipinski definition) is 1. The van der Waals surface area contributed by atoms with E-state index >= 15 is 0 Å². The Morgan fingerprint density at radius 3 is 2.79 bits per heavy atom. The summed E-state index contributed by atoms with van der Waals surface area (Å²) in [5.74, 6) is 1.53. The highest BCUT2D eigenvalue weighted by molar-refractivity contribution is 9.10. The van der Waals surface area contributed by atoms with Gasteiger partial charge in [-0.05, 0) is 41.1 Å². The van der Waals surface area contributed by atoms with Crippen LogP contribution in [0, 0.1) is 0 Å². The Bertz CT molecular complexity index is 595. The van der Waals surface area contributed by atoms with Gasteiger partial charge in [-0.15, -0.1) is 0 Å². The van der Waals surface area contributed by atoms with E-state index < -0.39 is 0 Å². The van der Waals surface area contributed by atoms with Gasteiger partial charge < -0.3 is 10.1 Å². The molecule has 1 aromatic heterocycles. The quantitative estimate of drug-likeness (QED) is 0.850. The van der Waals surface area contributed by atoms with Gasteiger partial charge >= 0.3 is 0 Å². The van der Waals surface area contributed by atoms with Crippen LogP contribution < -0.4 is 10.1 Å². The van der Waals surface area contributed by atoms with Crippen molar-refractivity contribution in [3.05, 3.63) is 39.0 Å². The van der Waals surface area contributed by atoms with Gasteiger partial charge in [-0.25, -0.2) is 9.97 Å². The van der Waals surface area contributed by atoms with Crippen molar-refractivity contribution >= 4 is 44.9 Å². The Kier molecular flexibility index (Phi) is 4.85. The summed E-state index contributed by atoms with van der Waals surface area (Å²) in [6.45, 7) is 2.72. The number of halogens is 3. The van der Waals surface area contributed by atoms with Crippen LogP contribution in [0.25, 0.3) is 0 Å². The van der Waals surface area contributed by atoms with Gasteiger partial charge in [0.15, 0.2) is 0 Å². The molecular weight excluding hydrogens is 353 g/mol. The van der Waals surface area contributed by atoms with Gasteiger partial charge in [-0.2, -0.15) is 0 Å². The Balaban J connectivity index is 2.30. The van der Waals surface area contributed by atoms with Crippen molar-refractivity contribution in [2.24, 2.45) is 0 Å². The Labute approximate surface area is 129 Å². The topological polar surface area (TPSA) is 47.0 Å². The van der Waals surface area contributed by atoms with Crippen molar-refractivity contribution in [3.8, 4) is 11.6 Å². The maximum absolute atomic E-state index is 6.05. The lowest BCUT2D eigenvalue weighted by atomic mass is 10.3. The molecule has 0 aliphatic rings. The molecule has 0 radical (unpaired) electrons. The van der Waals surface area contributed by atoms with E-state index in [1.807, 2.05) is 6.92 Å². The first-order valence-corrected chi connectivity index (χ1v) is 7.04. The van der Waals surface area contributed by atoms with Crippen molar-refractivity contribution < 1.29 is 4.74 Å². The monoisotopic (exact) mass is 361 g/mol. The molecule has 1 heterocycles. The molecule has 7 heteroatoms. The number of nitrogens with one attached hydrogen (secondary N) is 1. The van der Waals surface area contributed by atoms with Crippen molar-refractivity contribution in [2.45, 2.75) is 6.92 Å². The molecule has 0 saturated heterocycles. The molecule has 0 atom stereocenters. The molecule has 0 unspecified atom stereocenters. The minimum absolute atomic E-state index is 0.384. The van der Waals surface area contributed by atoms with E-state index in [0.717, 1.165) is 6.54 Å². The SMILES string of the molecule is CCNc1ncnc(Oc2ccc(Cl)cc2Cl)c1Br. The summed E-state index contributed by atoms with van der Waals surface area (Å²) in [6.07, 6.45) is 1.42. The van der Waals surface area contributed by atoms with E-state index in [0.29, 0.717) is 32.0 Å². The number of ether oxygens (including phenoxy) is 1. The summed E-state index contributed by atoms with van der Waals surface area (Å²) in [6, 6.07) is 4.99. The fraction of sp³-hybridized carbons (Fsp3) is 0.167. The van der Waals surface area contributed by atoms with Crippen LogP contribution in [0.2, 0.25) is 10.0 Å². The largest absolute Gasteiger partial charge is 0.436 e. The summed E-state index contributed by atoms with van der Waals surface area (Å²) in [5.41, 5.74) is 0. The summed E-state index contributed by atoms with van der Waals surface area (Å²) >= 11 is 15.3. The molecule has 0 spiro atoms. The lowest BCUT2D eigenvalue weighted by molar-refractivity contribution is 0.458. The molecule has 2 rings (SSSR count). The van der Waals surface area contributed by atoms with Crippen molar-refractivity contribution in [2.75, 3.05) is 11.9 Å². The van der Waals surface area contributed by atoms with Crippen molar-refractivity contribution in [1.29, 1.82) is 0 Å². The maximum Gasteiger partial charge on any atom is 0.238 e. The molecule has 0 aliphatic carbocycles. The third kappa shape index (κ3) is 3.49. The smallest absolute Gasteiger partial charge is 0.238 e. The van der Waals surface area contributed by atoms with Crippen LogP contribution >= 0.6 is 39.1 Å². The number of aromatic nitrogens is 2. The van der Waals surface area contributed by atoms with Gasteiger partial charge in [-0.3, -0.25) is 0 Å². The maximum atomic E-state index is 6.05. The van der Waals surface area contributed by atoms with Gasteiger partial charge in [0.25, 0.3) is 0 Å². The zero-order valence-corrected chi connectivity index (χ0v) is 13.1. The Morgan fingerprint density at radius 1 is 1.32 bits per heavy atom. The number of anilines is 1. The van der Waals surface area contributed by atoms with E-state index in [-0.39, 0.29) is 0 Å². The van der Waals surface area contributed by atoms with E-state index in [4.69, 9.17) is 27.9 Å².